The second kappa shape index (κ2) is 4.28. The Kier molecular flexibility index (Phi) is 2.99. The first kappa shape index (κ1) is 11.2. The van der Waals surface area contributed by atoms with Gasteiger partial charge in [0.1, 0.15) is 18.0 Å². The molecule has 0 bridgehead atoms. The molecule has 2 N–H and O–H groups in total. The highest BCUT2D eigenvalue weighted by Crippen LogP contribution is 2.33. The summed E-state index contributed by atoms with van der Waals surface area (Å²) >= 11 is 0. The zero-order valence-corrected chi connectivity index (χ0v) is 10.3. The predicted molar refractivity (Wildman–Crippen MR) is 66.8 cm³/mol. The first-order valence-corrected chi connectivity index (χ1v) is 5.92. The van der Waals surface area contributed by atoms with Gasteiger partial charge in [-0.05, 0) is 26.7 Å². The van der Waals surface area contributed by atoms with Crippen LogP contribution >= 0.6 is 0 Å². The van der Waals surface area contributed by atoms with Gasteiger partial charge in [-0.1, -0.05) is 12.8 Å². The Morgan fingerprint density at radius 2 is 1.81 bits per heavy atom. The van der Waals surface area contributed by atoms with Crippen LogP contribution in [0.25, 0.3) is 0 Å². The smallest absolute Gasteiger partial charge is 0.134 e. The third-order valence-corrected chi connectivity index (χ3v) is 3.45. The van der Waals surface area contributed by atoms with E-state index in [1.54, 1.807) is 6.33 Å². The van der Waals surface area contributed by atoms with Gasteiger partial charge in [-0.25, -0.2) is 9.97 Å². The summed E-state index contributed by atoms with van der Waals surface area (Å²) in [6, 6.07) is 0. The van der Waals surface area contributed by atoms with Crippen molar-refractivity contribution in [2.24, 2.45) is 0 Å². The maximum Gasteiger partial charge on any atom is 0.134 e. The van der Waals surface area contributed by atoms with Crippen LogP contribution in [-0.2, 0) is 0 Å². The van der Waals surface area contributed by atoms with Crippen LogP contribution in [0.3, 0.4) is 0 Å². The summed E-state index contributed by atoms with van der Waals surface area (Å²) in [5, 5.41) is 6.65. The largest absolute Gasteiger partial charge is 0.373 e. The molecule has 0 atom stereocenters. The molecule has 1 aromatic heterocycles. The summed E-state index contributed by atoms with van der Waals surface area (Å²) in [4.78, 5) is 8.53. The van der Waals surface area contributed by atoms with Gasteiger partial charge in [0, 0.05) is 18.2 Å². The lowest BCUT2D eigenvalue weighted by molar-refractivity contribution is 0.530. The quantitative estimate of drug-likeness (QED) is 0.822. The fourth-order valence-corrected chi connectivity index (χ4v) is 2.39. The number of anilines is 2. The second-order valence-corrected chi connectivity index (χ2v) is 4.84. The van der Waals surface area contributed by atoms with Crippen molar-refractivity contribution < 1.29 is 0 Å². The van der Waals surface area contributed by atoms with Crippen molar-refractivity contribution >= 4 is 11.6 Å². The number of hydrogen-bond donors (Lipinski definition) is 2. The lowest BCUT2D eigenvalue weighted by Gasteiger charge is -2.27. The molecular weight excluding hydrogens is 200 g/mol. The molecule has 2 rings (SSSR count). The van der Waals surface area contributed by atoms with Crippen LogP contribution in [0.4, 0.5) is 11.6 Å². The van der Waals surface area contributed by atoms with Crippen LogP contribution in [0.15, 0.2) is 6.33 Å². The van der Waals surface area contributed by atoms with E-state index in [-0.39, 0.29) is 5.54 Å². The Bertz CT molecular complexity index is 369. The molecule has 1 aliphatic rings. The third kappa shape index (κ3) is 2.10. The van der Waals surface area contributed by atoms with E-state index in [2.05, 4.69) is 27.5 Å². The summed E-state index contributed by atoms with van der Waals surface area (Å²) in [6.07, 6.45) is 6.69. The topological polar surface area (TPSA) is 49.8 Å². The van der Waals surface area contributed by atoms with Crippen LogP contribution in [0.5, 0.6) is 0 Å². The van der Waals surface area contributed by atoms with Gasteiger partial charge in [0.05, 0.1) is 0 Å². The summed E-state index contributed by atoms with van der Waals surface area (Å²) in [6.45, 7) is 4.33. The third-order valence-electron chi connectivity index (χ3n) is 3.45. The molecule has 4 nitrogen and oxygen atoms in total. The van der Waals surface area contributed by atoms with Crippen molar-refractivity contribution in [3.63, 3.8) is 0 Å². The van der Waals surface area contributed by atoms with E-state index < -0.39 is 0 Å². The Balaban J connectivity index is 2.21. The highest BCUT2D eigenvalue weighted by Gasteiger charge is 2.29. The molecule has 1 heterocycles. The molecule has 0 amide bonds. The van der Waals surface area contributed by atoms with Crippen molar-refractivity contribution in [3.05, 3.63) is 11.9 Å². The molecule has 0 unspecified atom stereocenters. The molecule has 1 saturated carbocycles. The van der Waals surface area contributed by atoms with Gasteiger partial charge in [-0.2, -0.15) is 0 Å². The van der Waals surface area contributed by atoms with Gasteiger partial charge in [0.25, 0.3) is 0 Å². The lowest BCUT2D eigenvalue weighted by Crippen LogP contribution is -2.31. The molecule has 0 saturated heterocycles. The minimum Gasteiger partial charge on any atom is -0.373 e. The number of nitrogens with zero attached hydrogens (tertiary/aromatic N) is 2. The molecule has 4 heteroatoms. The highest BCUT2D eigenvalue weighted by molar-refractivity contribution is 5.57. The Morgan fingerprint density at radius 3 is 2.44 bits per heavy atom. The van der Waals surface area contributed by atoms with Gasteiger partial charge in [0.15, 0.2) is 0 Å². The molecule has 16 heavy (non-hydrogen) atoms. The fourth-order valence-electron chi connectivity index (χ4n) is 2.39. The number of aromatic nitrogens is 2. The Hall–Kier alpha value is -1.32. The molecule has 1 aromatic rings. The molecule has 88 valence electrons. The standard InChI is InChI=1S/C12H20N4/c1-9-10(13-3)14-8-15-11(9)16-12(2)6-4-5-7-12/h8H,4-7H2,1-3H3,(H2,13,14,15,16). The van der Waals surface area contributed by atoms with E-state index in [4.69, 9.17) is 0 Å². The summed E-state index contributed by atoms with van der Waals surface area (Å²) < 4.78 is 0. The maximum absolute atomic E-state index is 4.33. The molecule has 0 radical (unpaired) electrons. The van der Waals surface area contributed by atoms with E-state index in [1.165, 1.54) is 25.7 Å². The summed E-state index contributed by atoms with van der Waals surface area (Å²) in [5.41, 5.74) is 1.31. The SMILES string of the molecule is CNc1ncnc(NC2(C)CCCC2)c1C. The van der Waals surface area contributed by atoms with Crippen molar-refractivity contribution in [1.29, 1.82) is 0 Å². The summed E-state index contributed by atoms with van der Waals surface area (Å²) in [5.74, 6) is 1.86. The maximum atomic E-state index is 4.33. The van der Waals surface area contributed by atoms with Gasteiger partial charge < -0.3 is 10.6 Å². The van der Waals surface area contributed by atoms with Gasteiger partial charge >= 0.3 is 0 Å². The molecule has 1 fully saturated rings. The highest BCUT2D eigenvalue weighted by atomic mass is 15.1. The Labute approximate surface area is 96.9 Å². The zero-order chi connectivity index (χ0) is 11.6. The molecule has 0 aliphatic heterocycles. The average molecular weight is 220 g/mol. The van der Waals surface area contributed by atoms with Gasteiger partial charge in [-0.15, -0.1) is 0 Å². The minimum absolute atomic E-state index is 0.212. The van der Waals surface area contributed by atoms with Crippen molar-refractivity contribution in [3.8, 4) is 0 Å². The minimum atomic E-state index is 0.212. The average Bonchev–Trinajstić information content (AvgIpc) is 2.68. The normalized spacial score (nSPS) is 18.4. The number of nitrogens with one attached hydrogen (secondary N) is 2. The lowest BCUT2D eigenvalue weighted by atomic mass is 10.0. The first-order valence-electron chi connectivity index (χ1n) is 5.92. The van der Waals surface area contributed by atoms with E-state index in [0.717, 1.165) is 17.2 Å². The fraction of sp³-hybridized carbons (Fsp3) is 0.667. The molecule has 0 spiro atoms. The van der Waals surface area contributed by atoms with Crippen LogP contribution in [0.2, 0.25) is 0 Å². The van der Waals surface area contributed by atoms with E-state index in [9.17, 15) is 0 Å². The molecular formula is C12H20N4. The molecule has 1 aliphatic carbocycles. The zero-order valence-electron chi connectivity index (χ0n) is 10.3. The van der Waals surface area contributed by atoms with Crippen LogP contribution in [-0.4, -0.2) is 22.6 Å². The monoisotopic (exact) mass is 220 g/mol. The predicted octanol–water partition coefficient (Wildman–Crippen LogP) is 2.57. The summed E-state index contributed by atoms with van der Waals surface area (Å²) in [7, 11) is 1.89. The first-order chi connectivity index (χ1) is 7.64. The van der Waals surface area contributed by atoms with E-state index >= 15 is 0 Å². The van der Waals surface area contributed by atoms with Crippen LogP contribution in [0.1, 0.15) is 38.2 Å². The number of rotatable bonds is 3. The van der Waals surface area contributed by atoms with E-state index in [1.807, 2.05) is 14.0 Å². The van der Waals surface area contributed by atoms with Crippen LogP contribution in [0, 0.1) is 6.92 Å². The van der Waals surface area contributed by atoms with Crippen molar-refractivity contribution in [1.82, 2.24) is 9.97 Å². The van der Waals surface area contributed by atoms with Gasteiger partial charge in [0.2, 0.25) is 0 Å². The van der Waals surface area contributed by atoms with Crippen molar-refractivity contribution in [2.45, 2.75) is 45.1 Å². The number of hydrogen-bond acceptors (Lipinski definition) is 4. The second-order valence-electron chi connectivity index (χ2n) is 4.84. The van der Waals surface area contributed by atoms with E-state index in [0.29, 0.717) is 0 Å². The van der Waals surface area contributed by atoms with Crippen molar-refractivity contribution in [2.75, 3.05) is 17.7 Å². The molecule has 0 aromatic carbocycles. The Morgan fingerprint density at radius 1 is 1.19 bits per heavy atom. The van der Waals surface area contributed by atoms with Crippen LogP contribution < -0.4 is 10.6 Å². The van der Waals surface area contributed by atoms with Gasteiger partial charge in [-0.3, -0.25) is 0 Å².